The van der Waals surface area contributed by atoms with E-state index in [0.29, 0.717) is 42.0 Å². The molecule has 5 rings (SSSR count). The van der Waals surface area contributed by atoms with Gasteiger partial charge in [0.2, 0.25) is 0 Å². The van der Waals surface area contributed by atoms with Crippen LogP contribution in [0.5, 0.6) is 11.5 Å². The molecule has 0 amide bonds. The molecule has 2 aliphatic carbocycles. The van der Waals surface area contributed by atoms with Gasteiger partial charge >= 0.3 is 5.97 Å². The van der Waals surface area contributed by atoms with Crippen molar-refractivity contribution in [2.45, 2.75) is 31.3 Å². The molecule has 1 aromatic heterocycles. The van der Waals surface area contributed by atoms with Crippen molar-refractivity contribution in [1.29, 1.82) is 0 Å². The number of fused-ring (bicyclic) bond motifs is 1. The van der Waals surface area contributed by atoms with E-state index in [9.17, 15) is 9.18 Å². The van der Waals surface area contributed by atoms with Gasteiger partial charge in [0.15, 0.2) is 0 Å². The molecule has 5 nitrogen and oxygen atoms in total. The maximum Gasteiger partial charge on any atom is 0.307 e. The number of aromatic nitrogens is 1. The Morgan fingerprint density at radius 2 is 1.97 bits per heavy atom. The van der Waals surface area contributed by atoms with Crippen molar-refractivity contribution in [3.8, 4) is 22.8 Å². The molecule has 0 unspecified atom stereocenters. The summed E-state index contributed by atoms with van der Waals surface area (Å²) in [5.41, 5.74) is 4.04. The topological polar surface area (TPSA) is 68.7 Å². The highest BCUT2D eigenvalue weighted by atomic mass is 19.1. The molecule has 1 heterocycles. The number of nitrogens with zero attached hydrogens (tertiary/aromatic N) is 1. The summed E-state index contributed by atoms with van der Waals surface area (Å²) in [4.78, 5) is 15.5. The lowest BCUT2D eigenvalue weighted by molar-refractivity contribution is -0.138. The fraction of sp³-hybridized carbons (Fsp3) is 0.280. The number of halogens is 1. The summed E-state index contributed by atoms with van der Waals surface area (Å²) >= 11 is 0. The molecule has 0 saturated heterocycles. The number of aliphatic carboxylic acids is 1. The van der Waals surface area contributed by atoms with Gasteiger partial charge in [0.25, 0.3) is 0 Å². The minimum absolute atomic E-state index is 0.0760. The summed E-state index contributed by atoms with van der Waals surface area (Å²) in [6.07, 6.45) is 3.35. The van der Waals surface area contributed by atoms with Gasteiger partial charge in [-0.1, -0.05) is 12.1 Å². The molecule has 1 N–H and O–H groups in total. The first-order chi connectivity index (χ1) is 15.1. The van der Waals surface area contributed by atoms with Gasteiger partial charge < -0.3 is 14.6 Å². The minimum atomic E-state index is -0.747. The Kier molecular flexibility index (Phi) is 4.85. The first kappa shape index (κ1) is 19.5. The first-order valence-corrected chi connectivity index (χ1v) is 10.4. The Morgan fingerprint density at radius 3 is 2.68 bits per heavy atom. The number of rotatable bonds is 6. The fourth-order valence-electron chi connectivity index (χ4n) is 4.56. The van der Waals surface area contributed by atoms with Crippen LogP contribution in [0.1, 0.15) is 41.6 Å². The normalized spacial score (nSPS) is 21.4. The maximum atomic E-state index is 14.8. The Hall–Kier alpha value is -3.41. The van der Waals surface area contributed by atoms with Crippen LogP contribution in [0, 0.1) is 11.7 Å². The van der Waals surface area contributed by atoms with Gasteiger partial charge in [-0.15, -0.1) is 0 Å². The van der Waals surface area contributed by atoms with E-state index in [1.807, 2.05) is 36.4 Å². The van der Waals surface area contributed by atoms with E-state index >= 15 is 0 Å². The number of pyridine rings is 1. The molecule has 2 aromatic carbocycles. The number of methoxy groups -OCH3 is 1. The largest absolute Gasteiger partial charge is 0.494 e. The molecule has 1 fully saturated rings. The molecule has 0 spiro atoms. The van der Waals surface area contributed by atoms with Crippen molar-refractivity contribution in [2.75, 3.05) is 7.11 Å². The Morgan fingerprint density at radius 1 is 1.16 bits per heavy atom. The van der Waals surface area contributed by atoms with Crippen molar-refractivity contribution in [3.63, 3.8) is 0 Å². The van der Waals surface area contributed by atoms with Crippen LogP contribution in [0.15, 0.2) is 54.7 Å². The lowest BCUT2D eigenvalue weighted by atomic mass is 9.99. The predicted octanol–water partition coefficient (Wildman–Crippen LogP) is 5.15. The van der Waals surface area contributed by atoms with Crippen molar-refractivity contribution in [1.82, 2.24) is 4.98 Å². The highest BCUT2D eigenvalue weighted by molar-refractivity contribution is 5.75. The Bertz CT molecular complexity index is 1140. The molecule has 2 aliphatic rings. The number of hydrogen-bond donors (Lipinski definition) is 1. The van der Waals surface area contributed by atoms with Gasteiger partial charge in [0.1, 0.15) is 29.1 Å². The average Bonchev–Trinajstić information content (AvgIpc) is 3.49. The third-order valence-electron chi connectivity index (χ3n) is 6.22. The van der Waals surface area contributed by atoms with Crippen LogP contribution in [0.3, 0.4) is 0 Å². The molecule has 3 aromatic rings. The second-order valence-electron chi connectivity index (χ2n) is 8.04. The number of carboxylic acid groups (broad SMARTS) is 1. The molecule has 0 bridgehead atoms. The summed E-state index contributed by atoms with van der Waals surface area (Å²) in [6.45, 7) is 0. The van der Waals surface area contributed by atoms with E-state index < -0.39 is 5.97 Å². The van der Waals surface area contributed by atoms with E-state index in [1.54, 1.807) is 19.4 Å². The van der Waals surface area contributed by atoms with Crippen molar-refractivity contribution in [2.24, 2.45) is 5.92 Å². The van der Waals surface area contributed by atoms with Crippen LogP contribution in [0.25, 0.3) is 11.3 Å². The summed E-state index contributed by atoms with van der Waals surface area (Å²) in [5.74, 6) is 0.0563. The van der Waals surface area contributed by atoms with Crippen LogP contribution in [-0.4, -0.2) is 23.2 Å². The molecule has 6 heteroatoms. The predicted molar refractivity (Wildman–Crippen MR) is 113 cm³/mol. The minimum Gasteiger partial charge on any atom is -0.494 e. The van der Waals surface area contributed by atoms with Crippen LogP contribution in [0.4, 0.5) is 4.39 Å². The van der Waals surface area contributed by atoms with Gasteiger partial charge in [0.05, 0.1) is 13.0 Å². The van der Waals surface area contributed by atoms with Crippen LogP contribution >= 0.6 is 0 Å². The van der Waals surface area contributed by atoms with E-state index in [4.69, 9.17) is 14.6 Å². The standard InChI is InChI=1S/C25H22FNO4/c1-30-22-3-2-12-27-24(22)17-8-10-20(26)23-16(17)9-11-21(23)31-15-6-4-14(5-7-15)18-13-19(18)25(28)29/h2-8,10,12,18-19,21H,9,11,13H2,1H3,(H,28,29)/t18-,19+,21-/m1/s1. The number of benzene rings is 2. The van der Waals surface area contributed by atoms with Crippen molar-refractivity contribution < 1.29 is 23.8 Å². The maximum absolute atomic E-state index is 14.8. The van der Waals surface area contributed by atoms with Crippen LogP contribution in [-0.2, 0) is 11.2 Å². The van der Waals surface area contributed by atoms with Gasteiger partial charge in [0, 0.05) is 17.3 Å². The van der Waals surface area contributed by atoms with Gasteiger partial charge in [-0.2, -0.15) is 0 Å². The van der Waals surface area contributed by atoms with E-state index in [2.05, 4.69) is 4.98 Å². The van der Waals surface area contributed by atoms with E-state index in [-0.39, 0.29) is 23.8 Å². The number of hydrogen-bond acceptors (Lipinski definition) is 4. The number of carboxylic acids is 1. The zero-order valence-corrected chi connectivity index (χ0v) is 17.0. The number of ether oxygens (including phenoxy) is 2. The van der Waals surface area contributed by atoms with Gasteiger partial charge in [-0.05, 0) is 72.7 Å². The van der Waals surface area contributed by atoms with Crippen molar-refractivity contribution >= 4 is 5.97 Å². The monoisotopic (exact) mass is 419 g/mol. The molecule has 1 saturated carbocycles. The Labute approximate surface area is 179 Å². The van der Waals surface area contributed by atoms with Gasteiger partial charge in [-0.3, -0.25) is 9.78 Å². The lowest BCUT2D eigenvalue weighted by Crippen LogP contribution is -2.06. The number of carbonyl (C=O) groups is 1. The smallest absolute Gasteiger partial charge is 0.307 e. The molecule has 0 aliphatic heterocycles. The molecular weight excluding hydrogens is 397 g/mol. The average molecular weight is 419 g/mol. The molecule has 158 valence electrons. The summed E-state index contributed by atoms with van der Waals surface area (Å²) < 4.78 is 26.4. The summed E-state index contributed by atoms with van der Waals surface area (Å²) in [5, 5.41) is 9.11. The third-order valence-corrected chi connectivity index (χ3v) is 6.22. The summed E-state index contributed by atoms with van der Waals surface area (Å²) in [7, 11) is 1.60. The third kappa shape index (κ3) is 3.52. The first-order valence-electron chi connectivity index (χ1n) is 10.4. The fourth-order valence-corrected chi connectivity index (χ4v) is 4.56. The van der Waals surface area contributed by atoms with Crippen LogP contribution < -0.4 is 9.47 Å². The second kappa shape index (κ2) is 7.69. The Balaban J connectivity index is 1.40. The zero-order valence-electron chi connectivity index (χ0n) is 17.0. The SMILES string of the molecule is COc1cccnc1-c1ccc(F)c2c1CC[C@H]2Oc1ccc([C@H]2C[C@@H]2C(=O)O)cc1. The molecule has 0 radical (unpaired) electrons. The van der Waals surface area contributed by atoms with Crippen molar-refractivity contribution in [3.05, 3.63) is 77.2 Å². The highest BCUT2D eigenvalue weighted by Gasteiger charge is 2.44. The quantitative estimate of drug-likeness (QED) is 0.598. The summed E-state index contributed by atoms with van der Waals surface area (Å²) in [6, 6.07) is 14.4. The highest BCUT2D eigenvalue weighted by Crippen LogP contribution is 2.48. The molecular formula is C25H22FNO4. The molecule has 31 heavy (non-hydrogen) atoms. The molecule has 3 atom stereocenters. The van der Waals surface area contributed by atoms with Gasteiger partial charge in [-0.25, -0.2) is 4.39 Å². The lowest BCUT2D eigenvalue weighted by Gasteiger charge is -2.17. The van der Waals surface area contributed by atoms with Crippen LogP contribution in [0.2, 0.25) is 0 Å². The second-order valence-corrected chi connectivity index (χ2v) is 8.04. The zero-order chi connectivity index (χ0) is 21.5. The van der Waals surface area contributed by atoms with E-state index in [1.165, 1.54) is 6.07 Å². The van der Waals surface area contributed by atoms with E-state index in [0.717, 1.165) is 16.7 Å².